The molecule has 2 N–H and O–H groups in total. The molecule has 0 aliphatic carbocycles. The number of rotatable bonds is 8. The lowest BCUT2D eigenvalue weighted by atomic mass is 10.0. The first-order valence-corrected chi connectivity index (χ1v) is 14.5. The minimum atomic E-state index is -3.78. The van der Waals surface area contributed by atoms with Crippen LogP contribution in [-0.2, 0) is 21.2 Å². The fourth-order valence-corrected chi connectivity index (χ4v) is 5.76. The van der Waals surface area contributed by atoms with Gasteiger partial charge in [-0.2, -0.15) is 4.31 Å². The van der Waals surface area contributed by atoms with Gasteiger partial charge in [-0.25, -0.2) is 8.42 Å². The number of aromatic nitrogens is 1. The van der Waals surface area contributed by atoms with Crippen LogP contribution in [0.5, 0.6) is 5.75 Å². The zero-order chi connectivity index (χ0) is 28.9. The second kappa shape index (κ2) is 12.6. The third-order valence-electron chi connectivity index (χ3n) is 7.01. The number of pyridine rings is 1. The van der Waals surface area contributed by atoms with E-state index < -0.39 is 22.2 Å². The van der Waals surface area contributed by atoms with Gasteiger partial charge >= 0.3 is 0 Å². The van der Waals surface area contributed by atoms with Gasteiger partial charge in [-0.15, -0.1) is 0 Å². The average molecular weight is 567 g/mol. The molecule has 2 heterocycles. The summed E-state index contributed by atoms with van der Waals surface area (Å²) in [6.45, 7) is 3.74. The van der Waals surface area contributed by atoms with Crippen molar-refractivity contribution in [2.45, 2.75) is 37.3 Å². The lowest BCUT2D eigenvalue weighted by molar-refractivity contribution is -0.134. The van der Waals surface area contributed by atoms with Gasteiger partial charge in [0, 0.05) is 48.7 Å². The van der Waals surface area contributed by atoms with Crippen molar-refractivity contribution in [3.63, 3.8) is 0 Å². The summed E-state index contributed by atoms with van der Waals surface area (Å²) >= 11 is 0. The standard InChI is InChI=1S/C29H34N4O6S/c1-20-17-33(21(2)19-34)28(35)16-23-15-24(31-29(36)22-11-13-30-14-12-22)9-10-26(23)39-27(20)18-32(3)40(37,38)25-7-5-4-6-8-25/h4-15,20-21,27,34H,16-19H2,1-3H3,(H,31,36)/t20-,21+,27-/m0/s1. The van der Waals surface area contributed by atoms with Crippen LogP contribution in [0.3, 0.4) is 0 Å². The first kappa shape index (κ1) is 29.2. The predicted molar refractivity (Wildman–Crippen MR) is 150 cm³/mol. The number of likely N-dealkylation sites (N-methyl/N-ethyl adjacent to an activating group) is 1. The highest BCUT2D eigenvalue weighted by atomic mass is 32.2. The van der Waals surface area contributed by atoms with Crippen LogP contribution in [-0.4, -0.2) is 78.4 Å². The molecule has 0 fully saturated rings. The molecule has 0 saturated heterocycles. The summed E-state index contributed by atoms with van der Waals surface area (Å²) in [5, 5.41) is 12.7. The minimum absolute atomic E-state index is 0.0176. The molecular weight excluding hydrogens is 532 g/mol. The van der Waals surface area contributed by atoms with Gasteiger partial charge in [-0.1, -0.05) is 25.1 Å². The maximum atomic E-state index is 13.4. The highest BCUT2D eigenvalue weighted by Crippen LogP contribution is 2.30. The van der Waals surface area contributed by atoms with Crippen LogP contribution in [0.2, 0.25) is 0 Å². The Kier molecular flexibility index (Phi) is 9.18. The second-order valence-electron chi connectivity index (χ2n) is 10.00. The first-order chi connectivity index (χ1) is 19.1. The fourth-order valence-electron chi connectivity index (χ4n) is 4.56. The molecule has 4 rings (SSSR count). The summed E-state index contributed by atoms with van der Waals surface area (Å²) in [5.41, 5.74) is 1.46. The maximum Gasteiger partial charge on any atom is 0.255 e. The number of fused-ring (bicyclic) bond motifs is 1. The third kappa shape index (κ3) is 6.67. The van der Waals surface area contributed by atoms with Crippen molar-refractivity contribution in [1.29, 1.82) is 0 Å². The van der Waals surface area contributed by atoms with E-state index in [9.17, 15) is 23.1 Å². The van der Waals surface area contributed by atoms with Gasteiger partial charge in [0.1, 0.15) is 11.9 Å². The summed E-state index contributed by atoms with van der Waals surface area (Å²) in [6, 6.07) is 16.0. The Labute approximate surface area is 234 Å². The molecule has 11 heteroatoms. The van der Waals surface area contributed by atoms with E-state index in [1.807, 2.05) is 6.92 Å². The van der Waals surface area contributed by atoms with Gasteiger partial charge < -0.3 is 20.1 Å². The molecule has 0 spiro atoms. The number of carbonyl (C=O) groups excluding carboxylic acids is 2. The SMILES string of the molecule is C[C@H](CO)N1C[C@H](C)[C@H](CN(C)S(=O)(=O)c2ccccc2)Oc2ccc(NC(=O)c3ccncc3)cc2CC1=O. The van der Waals surface area contributed by atoms with Crippen LogP contribution in [0.25, 0.3) is 0 Å². The molecule has 1 aromatic heterocycles. The largest absolute Gasteiger partial charge is 0.488 e. The quantitative estimate of drug-likeness (QED) is 0.429. The number of nitrogens with one attached hydrogen (secondary N) is 1. The van der Waals surface area contributed by atoms with Crippen molar-refractivity contribution in [3.8, 4) is 5.75 Å². The first-order valence-electron chi connectivity index (χ1n) is 13.0. The van der Waals surface area contributed by atoms with Crippen molar-refractivity contribution in [1.82, 2.24) is 14.2 Å². The van der Waals surface area contributed by atoms with Crippen molar-refractivity contribution < 1.29 is 27.9 Å². The Morgan fingerprint density at radius 2 is 1.88 bits per heavy atom. The van der Waals surface area contributed by atoms with Crippen molar-refractivity contribution >= 4 is 27.5 Å². The van der Waals surface area contributed by atoms with Gasteiger partial charge in [-0.05, 0) is 49.4 Å². The number of amides is 2. The topological polar surface area (TPSA) is 129 Å². The summed E-state index contributed by atoms with van der Waals surface area (Å²) in [7, 11) is -2.28. The predicted octanol–water partition coefficient (Wildman–Crippen LogP) is 2.80. The number of ether oxygens (including phenoxy) is 1. The molecule has 2 amide bonds. The molecule has 0 bridgehead atoms. The van der Waals surface area contributed by atoms with Gasteiger partial charge in [0.15, 0.2) is 0 Å². The Hall–Kier alpha value is -3.80. The van der Waals surface area contributed by atoms with E-state index in [4.69, 9.17) is 4.74 Å². The molecule has 0 radical (unpaired) electrons. The number of anilines is 1. The molecule has 3 aromatic rings. The number of hydrogen-bond acceptors (Lipinski definition) is 7. The molecule has 1 aliphatic heterocycles. The maximum absolute atomic E-state index is 13.4. The Morgan fingerprint density at radius 1 is 1.18 bits per heavy atom. The molecule has 10 nitrogen and oxygen atoms in total. The normalized spacial score (nSPS) is 18.6. The van der Waals surface area contributed by atoms with E-state index >= 15 is 0 Å². The van der Waals surface area contributed by atoms with Crippen LogP contribution in [0, 0.1) is 5.92 Å². The lowest BCUT2D eigenvalue weighted by Crippen LogP contribution is -2.48. The van der Waals surface area contributed by atoms with Crippen LogP contribution in [0.1, 0.15) is 29.8 Å². The number of aliphatic hydroxyl groups is 1. The second-order valence-corrected chi connectivity index (χ2v) is 12.0. The van der Waals surface area contributed by atoms with E-state index in [1.165, 1.54) is 23.7 Å². The van der Waals surface area contributed by atoms with Crippen molar-refractivity contribution in [3.05, 3.63) is 84.2 Å². The smallest absolute Gasteiger partial charge is 0.255 e. The number of hydrogen-bond donors (Lipinski definition) is 2. The van der Waals surface area contributed by atoms with Crippen molar-refractivity contribution in [2.75, 3.05) is 32.1 Å². The number of nitrogens with zero attached hydrogens (tertiary/aromatic N) is 3. The number of aliphatic hydroxyl groups excluding tert-OH is 1. The lowest BCUT2D eigenvalue weighted by Gasteiger charge is -2.33. The number of benzene rings is 2. The van der Waals surface area contributed by atoms with Crippen LogP contribution < -0.4 is 10.1 Å². The van der Waals surface area contributed by atoms with E-state index in [2.05, 4.69) is 10.3 Å². The molecule has 40 heavy (non-hydrogen) atoms. The van der Waals surface area contributed by atoms with Crippen LogP contribution in [0.15, 0.2) is 78.0 Å². The Morgan fingerprint density at radius 3 is 2.55 bits per heavy atom. The molecule has 0 unspecified atom stereocenters. The molecule has 1 aliphatic rings. The summed E-state index contributed by atoms with van der Waals surface area (Å²) in [4.78, 5) is 31.8. The summed E-state index contributed by atoms with van der Waals surface area (Å²) in [5.74, 6) is -0.381. The average Bonchev–Trinajstić information content (AvgIpc) is 3.01. The Bertz CT molecular complexity index is 1440. The molecular formula is C29H34N4O6S. The highest BCUT2D eigenvalue weighted by Gasteiger charge is 2.33. The summed E-state index contributed by atoms with van der Waals surface area (Å²) < 4.78 is 34.2. The van der Waals surface area contributed by atoms with E-state index in [0.29, 0.717) is 22.6 Å². The summed E-state index contributed by atoms with van der Waals surface area (Å²) in [6.07, 6.45) is 2.42. The minimum Gasteiger partial charge on any atom is -0.488 e. The highest BCUT2D eigenvalue weighted by molar-refractivity contribution is 7.89. The van der Waals surface area contributed by atoms with E-state index in [0.717, 1.165) is 0 Å². The molecule has 212 valence electrons. The van der Waals surface area contributed by atoms with E-state index in [-0.39, 0.29) is 48.7 Å². The van der Waals surface area contributed by atoms with Crippen LogP contribution in [0.4, 0.5) is 5.69 Å². The monoisotopic (exact) mass is 566 g/mol. The third-order valence-corrected chi connectivity index (χ3v) is 8.84. The molecule has 0 saturated carbocycles. The van der Waals surface area contributed by atoms with Crippen molar-refractivity contribution in [2.24, 2.45) is 5.92 Å². The van der Waals surface area contributed by atoms with Gasteiger partial charge in [0.2, 0.25) is 15.9 Å². The molecule has 3 atom stereocenters. The van der Waals surface area contributed by atoms with Gasteiger partial charge in [0.25, 0.3) is 5.91 Å². The number of sulfonamides is 1. The molecule has 2 aromatic carbocycles. The zero-order valence-corrected chi connectivity index (χ0v) is 23.5. The van der Waals surface area contributed by atoms with Gasteiger partial charge in [0.05, 0.1) is 30.5 Å². The van der Waals surface area contributed by atoms with Gasteiger partial charge in [-0.3, -0.25) is 14.6 Å². The van der Waals surface area contributed by atoms with E-state index in [1.54, 1.807) is 72.5 Å². The Balaban J connectivity index is 1.65. The zero-order valence-electron chi connectivity index (χ0n) is 22.7. The fraction of sp³-hybridized carbons (Fsp3) is 0.345. The number of carbonyl (C=O) groups is 2. The van der Waals surface area contributed by atoms with Crippen LogP contribution >= 0.6 is 0 Å².